The number of benzene rings is 1. The van der Waals surface area contributed by atoms with Gasteiger partial charge in [-0.25, -0.2) is 4.85 Å². The van der Waals surface area contributed by atoms with Crippen molar-refractivity contribution in [3.8, 4) is 0 Å². The molecule has 1 aromatic carbocycles. The maximum absolute atomic E-state index is 12.6. The number of hydrogen-bond donors (Lipinski definition) is 0. The van der Waals surface area contributed by atoms with E-state index in [1.165, 1.54) is 6.07 Å². The van der Waals surface area contributed by atoms with Crippen LogP contribution in [0, 0.1) is 6.57 Å². The zero-order chi connectivity index (χ0) is 12.6. The van der Waals surface area contributed by atoms with Crippen molar-refractivity contribution in [3.05, 3.63) is 40.7 Å². The number of rotatable bonds is 0. The Morgan fingerprint density at radius 2 is 1.50 bits per heavy atom. The monoisotopic (exact) mass is 227 g/mol. The van der Waals surface area contributed by atoms with Gasteiger partial charge in [-0.1, -0.05) is 32.4 Å². The summed E-state index contributed by atoms with van der Waals surface area (Å²) in [5, 5.41) is 0. The first kappa shape index (κ1) is 12.6. The lowest BCUT2D eigenvalue weighted by Crippen LogP contribution is -2.13. The van der Waals surface area contributed by atoms with Crippen molar-refractivity contribution in [1.29, 1.82) is 0 Å². The van der Waals surface area contributed by atoms with Crippen LogP contribution < -0.4 is 0 Å². The van der Waals surface area contributed by atoms with Crippen molar-refractivity contribution >= 4 is 5.69 Å². The summed E-state index contributed by atoms with van der Waals surface area (Å²) in [6.45, 7) is 12.3. The third kappa shape index (κ3) is 2.75. The van der Waals surface area contributed by atoms with Crippen molar-refractivity contribution < 1.29 is 13.2 Å². The predicted octanol–water partition coefficient (Wildman–Crippen LogP) is 4.55. The number of alkyl halides is 3. The van der Waals surface area contributed by atoms with E-state index >= 15 is 0 Å². The SMILES string of the molecule is [C-]#[N+]c1cc(C(C)(C)C)cc(C(F)(F)F)c1. The summed E-state index contributed by atoms with van der Waals surface area (Å²) in [6, 6.07) is 3.49. The van der Waals surface area contributed by atoms with E-state index in [-0.39, 0.29) is 5.69 Å². The standard InChI is InChI=1S/C12H12F3N/c1-11(2,3)8-5-9(12(13,14)15)7-10(6-8)16-4/h5-7H,1-3H3. The average Bonchev–Trinajstić information content (AvgIpc) is 2.14. The maximum atomic E-state index is 12.6. The molecule has 16 heavy (non-hydrogen) atoms. The molecule has 1 nitrogen and oxygen atoms in total. The van der Waals surface area contributed by atoms with Gasteiger partial charge in [-0.05, 0) is 17.5 Å². The summed E-state index contributed by atoms with van der Waals surface area (Å²) in [6.07, 6.45) is -4.40. The fourth-order valence-electron chi connectivity index (χ4n) is 1.27. The highest BCUT2D eigenvalue weighted by molar-refractivity contribution is 5.51. The van der Waals surface area contributed by atoms with E-state index in [9.17, 15) is 13.2 Å². The van der Waals surface area contributed by atoms with E-state index in [0.717, 1.165) is 12.1 Å². The summed E-state index contributed by atoms with van der Waals surface area (Å²) >= 11 is 0. The fraction of sp³-hybridized carbons (Fsp3) is 0.417. The molecule has 0 aliphatic rings. The van der Waals surface area contributed by atoms with E-state index in [4.69, 9.17) is 6.57 Å². The Hall–Kier alpha value is -1.50. The predicted molar refractivity (Wildman–Crippen MR) is 56.4 cm³/mol. The van der Waals surface area contributed by atoms with Gasteiger partial charge in [0.1, 0.15) is 0 Å². The molecule has 0 aliphatic heterocycles. The van der Waals surface area contributed by atoms with Gasteiger partial charge in [0.15, 0.2) is 5.69 Å². The number of hydrogen-bond acceptors (Lipinski definition) is 0. The Morgan fingerprint density at radius 1 is 1.00 bits per heavy atom. The van der Waals surface area contributed by atoms with Gasteiger partial charge in [0.25, 0.3) is 0 Å². The first-order valence-electron chi connectivity index (χ1n) is 4.75. The zero-order valence-corrected chi connectivity index (χ0v) is 9.31. The van der Waals surface area contributed by atoms with Gasteiger partial charge in [0.2, 0.25) is 0 Å². The van der Waals surface area contributed by atoms with E-state index < -0.39 is 17.2 Å². The van der Waals surface area contributed by atoms with E-state index in [1.54, 1.807) is 0 Å². The molecule has 0 fully saturated rings. The minimum atomic E-state index is -4.40. The summed E-state index contributed by atoms with van der Waals surface area (Å²) in [5.74, 6) is 0. The fourth-order valence-corrected chi connectivity index (χ4v) is 1.27. The normalized spacial score (nSPS) is 12.3. The number of nitrogens with zero attached hydrogens (tertiary/aromatic N) is 1. The molecule has 0 radical (unpaired) electrons. The first-order valence-corrected chi connectivity index (χ1v) is 4.75. The number of halogens is 3. The molecule has 4 heteroatoms. The third-order valence-electron chi connectivity index (χ3n) is 2.24. The van der Waals surface area contributed by atoms with Gasteiger partial charge in [0.05, 0.1) is 6.57 Å². The average molecular weight is 227 g/mol. The lowest BCUT2D eigenvalue weighted by molar-refractivity contribution is -0.137. The Balaban J connectivity index is 3.41. The molecule has 0 unspecified atom stereocenters. The molecule has 0 spiro atoms. The van der Waals surface area contributed by atoms with Crippen molar-refractivity contribution in [2.24, 2.45) is 0 Å². The summed E-state index contributed by atoms with van der Waals surface area (Å²) in [4.78, 5) is 3.07. The molecule has 0 aromatic heterocycles. The molecule has 0 saturated heterocycles. The van der Waals surface area contributed by atoms with Crippen molar-refractivity contribution in [2.45, 2.75) is 32.4 Å². The van der Waals surface area contributed by atoms with E-state index in [1.807, 2.05) is 20.8 Å². The molecule has 1 rings (SSSR count). The third-order valence-corrected chi connectivity index (χ3v) is 2.24. The van der Waals surface area contributed by atoms with Crippen LogP contribution in [0.4, 0.5) is 18.9 Å². The Bertz CT molecular complexity index is 401. The van der Waals surface area contributed by atoms with Crippen LogP contribution in [0.3, 0.4) is 0 Å². The Labute approximate surface area is 92.7 Å². The highest BCUT2D eigenvalue weighted by Gasteiger charge is 2.32. The topological polar surface area (TPSA) is 4.36 Å². The lowest BCUT2D eigenvalue weighted by Gasteiger charge is -2.21. The molecule has 0 N–H and O–H groups in total. The second-order valence-electron chi connectivity index (χ2n) is 4.63. The van der Waals surface area contributed by atoms with Crippen LogP contribution in [0.1, 0.15) is 31.9 Å². The molecule has 0 amide bonds. The van der Waals surface area contributed by atoms with Gasteiger partial charge in [0, 0.05) is 5.56 Å². The second kappa shape index (κ2) is 3.82. The maximum Gasteiger partial charge on any atom is 0.415 e. The van der Waals surface area contributed by atoms with Crippen LogP contribution in [-0.4, -0.2) is 0 Å². The smallest absolute Gasteiger partial charge is 0.238 e. The molecule has 0 saturated carbocycles. The van der Waals surface area contributed by atoms with E-state index in [2.05, 4.69) is 4.85 Å². The van der Waals surface area contributed by atoms with Crippen molar-refractivity contribution in [2.75, 3.05) is 0 Å². The van der Waals surface area contributed by atoms with Crippen LogP contribution in [0.15, 0.2) is 18.2 Å². The van der Waals surface area contributed by atoms with Crippen LogP contribution in [0.5, 0.6) is 0 Å². The quantitative estimate of drug-likeness (QED) is 0.572. The van der Waals surface area contributed by atoms with Gasteiger partial charge < -0.3 is 0 Å². The minimum absolute atomic E-state index is 0.0275. The molecule has 0 atom stereocenters. The zero-order valence-electron chi connectivity index (χ0n) is 9.31. The molecular weight excluding hydrogens is 215 g/mol. The van der Waals surface area contributed by atoms with Gasteiger partial charge >= 0.3 is 6.18 Å². The lowest BCUT2D eigenvalue weighted by atomic mass is 9.86. The summed E-state index contributed by atoms with van der Waals surface area (Å²) < 4.78 is 37.7. The molecular formula is C12H12F3N. The van der Waals surface area contributed by atoms with Crippen LogP contribution in [0.2, 0.25) is 0 Å². The van der Waals surface area contributed by atoms with Crippen LogP contribution in [-0.2, 0) is 11.6 Å². The van der Waals surface area contributed by atoms with Crippen LogP contribution >= 0.6 is 0 Å². The molecule has 0 aliphatic carbocycles. The Kier molecular flexibility index (Phi) is 3.00. The van der Waals surface area contributed by atoms with Gasteiger partial charge in [-0.3, -0.25) is 0 Å². The summed E-state index contributed by atoms with van der Waals surface area (Å²) in [7, 11) is 0. The largest absolute Gasteiger partial charge is 0.415 e. The minimum Gasteiger partial charge on any atom is -0.238 e. The van der Waals surface area contributed by atoms with Gasteiger partial charge in [-0.2, -0.15) is 13.2 Å². The van der Waals surface area contributed by atoms with Crippen molar-refractivity contribution in [1.82, 2.24) is 0 Å². The Morgan fingerprint density at radius 3 is 1.88 bits per heavy atom. The van der Waals surface area contributed by atoms with Crippen molar-refractivity contribution in [3.63, 3.8) is 0 Å². The molecule has 0 bridgehead atoms. The highest BCUT2D eigenvalue weighted by Crippen LogP contribution is 2.35. The second-order valence-corrected chi connectivity index (χ2v) is 4.63. The van der Waals surface area contributed by atoms with E-state index in [0.29, 0.717) is 5.56 Å². The first-order chi connectivity index (χ1) is 7.14. The molecule has 0 heterocycles. The molecule has 1 aromatic rings. The highest BCUT2D eigenvalue weighted by atomic mass is 19.4. The molecule has 86 valence electrons. The summed E-state index contributed by atoms with van der Waals surface area (Å²) in [5.41, 5.74) is -0.611. The van der Waals surface area contributed by atoms with Crippen LogP contribution in [0.25, 0.3) is 4.85 Å². The van der Waals surface area contributed by atoms with Gasteiger partial charge in [-0.15, -0.1) is 0 Å².